The number of ether oxygens (including phenoxy) is 1. The van der Waals surface area contributed by atoms with Gasteiger partial charge in [0.2, 0.25) is 0 Å². The molecule has 0 atom stereocenters. The van der Waals surface area contributed by atoms with Crippen LogP contribution in [0.1, 0.15) is 48.1 Å². The average molecular weight is 293 g/mol. The molecule has 2 aromatic heterocycles. The Kier molecular flexibility index (Phi) is 3.80. The Balaban J connectivity index is 2.61. The van der Waals surface area contributed by atoms with Crippen molar-refractivity contribution in [3.8, 4) is 0 Å². The molecule has 108 valence electrons. The van der Waals surface area contributed by atoms with Crippen LogP contribution in [0.3, 0.4) is 0 Å². The zero-order valence-electron chi connectivity index (χ0n) is 12.4. The van der Waals surface area contributed by atoms with Crippen molar-refractivity contribution < 1.29 is 9.53 Å². The first kappa shape index (κ1) is 14.9. The van der Waals surface area contributed by atoms with E-state index in [-0.39, 0.29) is 5.97 Å². The molecule has 5 nitrogen and oxygen atoms in total. The van der Waals surface area contributed by atoms with Crippen LogP contribution in [-0.4, -0.2) is 20.9 Å². The number of rotatable bonds is 2. The molecule has 2 aromatic rings. The third-order valence-electron chi connectivity index (χ3n) is 2.92. The van der Waals surface area contributed by atoms with Crippen LogP contribution < -0.4 is 5.73 Å². The number of aryl methyl sites for hydroxylation is 2. The largest absolute Gasteiger partial charge is 0.456 e. The lowest BCUT2D eigenvalue weighted by Crippen LogP contribution is -2.25. The number of fused-ring (bicyclic) bond motifs is 1. The highest BCUT2D eigenvalue weighted by Gasteiger charge is 2.24. The Morgan fingerprint density at radius 2 is 2.00 bits per heavy atom. The monoisotopic (exact) mass is 293 g/mol. The number of esters is 1. The van der Waals surface area contributed by atoms with Crippen LogP contribution in [0.25, 0.3) is 10.2 Å². The van der Waals surface area contributed by atoms with E-state index in [1.54, 1.807) is 0 Å². The first-order chi connectivity index (χ1) is 9.24. The summed E-state index contributed by atoms with van der Waals surface area (Å²) in [5.74, 6) is -0.351. The highest BCUT2D eigenvalue weighted by atomic mass is 32.1. The van der Waals surface area contributed by atoms with E-state index < -0.39 is 5.60 Å². The van der Waals surface area contributed by atoms with Crippen molar-refractivity contribution in [2.24, 2.45) is 5.73 Å². The van der Waals surface area contributed by atoms with Gasteiger partial charge >= 0.3 is 5.97 Å². The topological polar surface area (TPSA) is 78.1 Å². The third-order valence-corrected chi connectivity index (χ3v) is 3.70. The Morgan fingerprint density at radius 3 is 2.55 bits per heavy atom. The van der Waals surface area contributed by atoms with Gasteiger partial charge in [0.15, 0.2) is 0 Å². The van der Waals surface area contributed by atoms with Gasteiger partial charge in [-0.05, 0) is 51.7 Å². The van der Waals surface area contributed by atoms with E-state index in [1.165, 1.54) is 11.5 Å². The average Bonchev–Trinajstić information content (AvgIpc) is 2.69. The Bertz CT molecular complexity index is 671. The van der Waals surface area contributed by atoms with Crippen molar-refractivity contribution in [2.75, 3.05) is 0 Å². The van der Waals surface area contributed by atoms with Gasteiger partial charge in [0.1, 0.15) is 10.4 Å². The second kappa shape index (κ2) is 5.10. The van der Waals surface area contributed by atoms with Gasteiger partial charge < -0.3 is 10.5 Å². The van der Waals surface area contributed by atoms with Gasteiger partial charge in [-0.2, -0.15) is 4.37 Å². The minimum absolute atomic E-state index is 0.333. The molecular formula is C14H19N3O2S. The second-order valence-electron chi connectivity index (χ2n) is 5.71. The molecule has 2 N–H and O–H groups in total. The number of hydrogen-bond donors (Lipinski definition) is 1. The number of pyridine rings is 1. The van der Waals surface area contributed by atoms with Crippen LogP contribution in [0.4, 0.5) is 0 Å². The van der Waals surface area contributed by atoms with Crippen LogP contribution in [0, 0.1) is 13.8 Å². The molecule has 0 fully saturated rings. The fourth-order valence-electron chi connectivity index (χ4n) is 2.14. The normalized spacial score (nSPS) is 11.9. The standard InChI is InChI=1S/C14H19N3O2S/c1-7-10(13(18)19-14(3,4)5)8(2)16-12-11(7)9(6-15)17-20-12/h6,15H2,1-5H3. The van der Waals surface area contributed by atoms with Crippen molar-refractivity contribution in [3.05, 3.63) is 22.5 Å². The summed E-state index contributed by atoms with van der Waals surface area (Å²) >= 11 is 1.31. The van der Waals surface area contributed by atoms with E-state index in [2.05, 4.69) is 9.36 Å². The van der Waals surface area contributed by atoms with E-state index in [0.29, 0.717) is 17.8 Å². The molecule has 0 amide bonds. The molecular weight excluding hydrogens is 274 g/mol. The summed E-state index contributed by atoms with van der Waals surface area (Å²) in [6, 6.07) is 0. The molecule has 0 aliphatic carbocycles. The summed E-state index contributed by atoms with van der Waals surface area (Å²) in [6.07, 6.45) is 0. The van der Waals surface area contributed by atoms with Crippen LogP contribution >= 0.6 is 11.5 Å². The lowest BCUT2D eigenvalue weighted by atomic mass is 10.0. The van der Waals surface area contributed by atoms with E-state index in [9.17, 15) is 4.79 Å². The zero-order chi connectivity index (χ0) is 15.1. The second-order valence-corrected chi connectivity index (χ2v) is 6.46. The molecule has 0 saturated carbocycles. The Hall–Kier alpha value is -1.53. The van der Waals surface area contributed by atoms with E-state index in [0.717, 1.165) is 21.5 Å². The van der Waals surface area contributed by atoms with Crippen molar-refractivity contribution in [3.63, 3.8) is 0 Å². The van der Waals surface area contributed by atoms with Crippen LogP contribution in [0.5, 0.6) is 0 Å². The van der Waals surface area contributed by atoms with Crippen LogP contribution in [0.15, 0.2) is 0 Å². The summed E-state index contributed by atoms with van der Waals surface area (Å²) in [6.45, 7) is 9.58. The highest BCUT2D eigenvalue weighted by Crippen LogP contribution is 2.29. The fraction of sp³-hybridized carbons (Fsp3) is 0.500. The summed E-state index contributed by atoms with van der Waals surface area (Å²) in [5.41, 5.74) is 7.96. The number of aromatic nitrogens is 2. The smallest absolute Gasteiger partial charge is 0.340 e. The maximum Gasteiger partial charge on any atom is 0.340 e. The number of carbonyl (C=O) groups excluding carboxylic acids is 1. The Labute approximate surface area is 122 Å². The van der Waals surface area contributed by atoms with Crippen LogP contribution in [-0.2, 0) is 11.3 Å². The summed E-state index contributed by atoms with van der Waals surface area (Å²) in [5, 5.41) is 0.879. The minimum Gasteiger partial charge on any atom is -0.456 e. The van der Waals surface area contributed by atoms with E-state index in [1.807, 2.05) is 34.6 Å². The van der Waals surface area contributed by atoms with Gasteiger partial charge in [0, 0.05) is 11.9 Å². The van der Waals surface area contributed by atoms with Gasteiger partial charge in [-0.3, -0.25) is 0 Å². The van der Waals surface area contributed by atoms with E-state index in [4.69, 9.17) is 10.5 Å². The van der Waals surface area contributed by atoms with Gasteiger partial charge in [-0.1, -0.05) is 0 Å². The van der Waals surface area contributed by atoms with Crippen molar-refractivity contribution in [2.45, 2.75) is 46.8 Å². The molecule has 0 aromatic carbocycles. The van der Waals surface area contributed by atoms with Gasteiger partial charge in [-0.15, -0.1) is 0 Å². The molecule has 0 spiro atoms. The summed E-state index contributed by atoms with van der Waals surface area (Å²) in [7, 11) is 0. The molecule has 0 bridgehead atoms. The number of nitrogens with zero attached hydrogens (tertiary/aromatic N) is 2. The summed E-state index contributed by atoms with van der Waals surface area (Å²) < 4.78 is 9.75. The molecule has 0 aliphatic rings. The Morgan fingerprint density at radius 1 is 1.35 bits per heavy atom. The summed E-state index contributed by atoms with van der Waals surface area (Å²) in [4.78, 5) is 17.6. The molecule has 0 aliphatic heterocycles. The number of carbonyl (C=O) groups is 1. The predicted octanol–water partition coefficient (Wildman–Crippen LogP) is 2.72. The van der Waals surface area contributed by atoms with Crippen molar-refractivity contribution >= 4 is 27.7 Å². The first-order valence-corrected chi connectivity index (χ1v) is 7.21. The molecule has 0 saturated heterocycles. The molecule has 6 heteroatoms. The van der Waals surface area contributed by atoms with Crippen molar-refractivity contribution in [1.82, 2.24) is 9.36 Å². The number of hydrogen-bond acceptors (Lipinski definition) is 6. The van der Waals surface area contributed by atoms with Crippen LogP contribution in [0.2, 0.25) is 0 Å². The first-order valence-electron chi connectivity index (χ1n) is 6.43. The van der Waals surface area contributed by atoms with Crippen molar-refractivity contribution in [1.29, 1.82) is 0 Å². The number of nitrogens with two attached hydrogens (primary N) is 1. The predicted molar refractivity (Wildman–Crippen MR) is 79.9 cm³/mol. The van der Waals surface area contributed by atoms with Gasteiger partial charge in [-0.25, -0.2) is 9.78 Å². The maximum absolute atomic E-state index is 12.4. The molecule has 0 unspecified atom stereocenters. The molecule has 2 heterocycles. The van der Waals surface area contributed by atoms with E-state index >= 15 is 0 Å². The lowest BCUT2D eigenvalue weighted by Gasteiger charge is -2.21. The van der Waals surface area contributed by atoms with Gasteiger partial charge in [0.05, 0.1) is 17.0 Å². The quantitative estimate of drug-likeness (QED) is 0.861. The SMILES string of the molecule is Cc1nc2snc(CN)c2c(C)c1C(=O)OC(C)(C)C. The molecule has 2 rings (SSSR count). The zero-order valence-corrected chi connectivity index (χ0v) is 13.2. The van der Waals surface area contributed by atoms with Gasteiger partial charge in [0.25, 0.3) is 0 Å². The third kappa shape index (κ3) is 2.66. The lowest BCUT2D eigenvalue weighted by molar-refractivity contribution is 0.00677. The molecule has 20 heavy (non-hydrogen) atoms. The molecule has 0 radical (unpaired) electrons. The fourth-order valence-corrected chi connectivity index (χ4v) is 3.04. The maximum atomic E-state index is 12.4. The minimum atomic E-state index is -0.533. The highest BCUT2D eigenvalue weighted by molar-refractivity contribution is 7.13.